The fourth-order valence-corrected chi connectivity index (χ4v) is 6.58. The van der Waals surface area contributed by atoms with Crippen molar-refractivity contribution in [3.63, 3.8) is 0 Å². The fraction of sp³-hybridized carbons (Fsp3) is 0.303. The minimum Gasteiger partial charge on any atom is -0.368 e. The van der Waals surface area contributed by atoms with E-state index in [9.17, 15) is 14.4 Å². The molecule has 0 radical (unpaired) electrons. The Balaban J connectivity index is 1.17. The number of aliphatic imine (C=N–C) groups is 2. The lowest BCUT2D eigenvalue weighted by Crippen LogP contribution is -2.50. The van der Waals surface area contributed by atoms with E-state index in [1.54, 1.807) is 0 Å². The van der Waals surface area contributed by atoms with Crippen LogP contribution >= 0.6 is 11.8 Å². The number of thioether (sulfide) groups is 1. The molecule has 1 N–H and O–H groups in total. The van der Waals surface area contributed by atoms with Crippen LogP contribution in [0.25, 0.3) is 0 Å². The summed E-state index contributed by atoms with van der Waals surface area (Å²) in [7, 11) is 0. The molecule has 0 aliphatic carbocycles. The lowest BCUT2D eigenvalue weighted by Gasteiger charge is -2.36. The molecule has 220 valence electrons. The summed E-state index contributed by atoms with van der Waals surface area (Å²) in [5.74, 6) is -0.0514. The normalized spacial score (nSPS) is 18.4. The summed E-state index contributed by atoms with van der Waals surface area (Å²) in [5.41, 5.74) is 4.34. The van der Waals surface area contributed by atoms with Crippen LogP contribution in [-0.2, 0) is 14.4 Å². The van der Waals surface area contributed by atoms with Crippen molar-refractivity contribution < 1.29 is 14.4 Å². The fourth-order valence-electron chi connectivity index (χ4n) is 5.56. The van der Waals surface area contributed by atoms with Crippen molar-refractivity contribution in [3.05, 3.63) is 90.0 Å². The SMILES string of the molecule is CC[C@@H](SC1=Nc2ccccc2C2=N[C@H](CC(=O)N3CCN(c4ccccc4)CC3)C(=O)N12)C(=O)Nc1cccc(C)c1. The van der Waals surface area contributed by atoms with Crippen LogP contribution in [0.3, 0.4) is 0 Å². The quantitative estimate of drug-likeness (QED) is 0.422. The van der Waals surface area contributed by atoms with E-state index >= 15 is 0 Å². The number of rotatable bonds is 7. The van der Waals surface area contributed by atoms with Crippen molar-refractivity contribution in [2.45, 2.75) is 38.0 Å². The number of anilines is 2. The first kappa shape index (κ1) is 28.7. The highest BCUT2D eigenvalue weighted by Crippen LogP contribution is 2.36. The number of benzene rings is 3. The number of amides is 3. The van der Waals surface area contributed by atoms with E-state index in [0.29, 0.717) is 36.2 Å². The third kappa shape index (κ3) is 6.06. The number of nitrogens with zero attached hydrogens (tertiary/aromatic N) is 5. The van der Waals surface area contributed by atoms with Gasteiger partial charge in [0.2, 0.25) is 11.8 Å². The predicted octanol–water partition coefficient (Wildman–Crippen LogP) is 4.84. The van der Waals surface area contributed by atoms with Gasteiger partial charge in [0.1, 0.15) is 11.9 Å². The van der Waals surface area contributed by atoms with Gasteiger partial charge in [-0.15, -0.1) is 0 Å². The third-order valence-corrected chi connectivity index (χ3v) is 9.18. The van der Waals surface area contributed by atoms with Crippen molar-refractivity contribution >= 4 is 57.5 Å². The topological polar surface area (TPSA) is 97.7 Å². The Hall–Kier alpha value is -4.44. The molecular formula is C33H34N6O3S. The second-order valence-electron chi connectivity index (χ2n) is 10.8. The molecule has 1 fully saturated rings. The molecule has 0 aromatic heterocycles. The molecule has 3 aromatic carbocycles. The van der Waals surface area contributed by atoms with Gasteiger partial charge in [-0.25, -0.2) is 9.89 Å². The maximum Gasteiger partial charge on any atom is 0.259 e. The predicted molar refractivity (Wildman–Crippen MR) is 172 cm³/mol. The summed E-state index contributed by atoms with van der Waals surface area (Å²) in [5, 5.41) is 2.91. The molecule has 0 bridgehead atoms. The minimum atomic E-state index is -0.840. The van der Waals surface area contributed by atoms with Crippen molar-refractivity contribution in [2.75, 3.05) is 36.4 Å². The minimum absolute atomic E-state index is 0.00463. The average Bonchev–Trinajstić information content (AvgIpc) is 3.36. The summed E-state index contributed by atoms with van der Waals surface area (Å²) in [6.07, 6.45) is 0.531. The van der Waals surface area contributed by atoms with Gasteiger partial charge in [0.05, 0.1) is 17.4 Å². The molecule has 3 aliphatic rings. The number of carbonyl (C=O) groups excluding carboxylic acids is 3. The molecule has 3 aliphatic heterocycles. The molecule has 3 heterocycles. The Kier molecular flexibility index (Phi) is 8.29. The van der Waals surface area contributed by atoms with E-state index in [1.165, 1.54) is 16.7 Å². The number of piperazine rings is 1. The lowest BCUT2D eigenvalue weighted by atomic mass is 10.1. The van der Waals surface area contributed by atoms with Crippen molar-refractivity contribution in [3.8, 4) is 0 Å². The van der Waals surface area contributed by atoms with Crippen LogP contribution in [0.2, 0.25) is 0 Å². The van der Waals surface area contributed by atoms with Crippen LogP contribution in [0, 0.1) is 6.92 Å². The number of nitrogens with one attached hydrogen (secondary N) is 1. The summed E-state index contributed by atoms with van der Waals surface area (Å²) >= 11 is 1.25. The molecule has 6 rings (SSSR count). The van der Waals surface area contributed by atoms with Crippen LogP contribution in [0.5, 0.6) is 0 Å². The largest absolute Gasteiger partial charge is 0.368 e. The van der Waals surface area contributed by atoms with Crippen LogP contribution in [0.1, 0.15) is 30.9 Å². The molecule has 43 heavy (non-hydrogen) atoms. The third-order valence-electron chi connectivity index (χ3n) is 7.87. The van der Waals surface area contributed by atoms with Crippen LogP contribution in [-0.4, -0.2) is 76.0 Å². The van der Waals surface area contributed by atoms with Gasteiger partial charge in [0.15, 0.2) is 5.17 Å². The summed E-state index contributed by atoms with van der Waals surface area (Å²) in [4.78, 5) is 55.6. The molecule has 9 nitrogen and oxygen atoms in total. The standard InChI is InChI=1S/C33H34N6O3S/c1-3-28(31(41)34-23-11-9-10-22(2)20-23)43-33-36-26-15-8-7-14-25(26)30-35-27(32(42)39(30)33)21-29(40)38-18-16-37(17-19-38)24-12-5-4-6-13-24/h4-15,20,27-28H,3,16-19,21H2,1-2H3,(H,34,41)/t27-,28-/m1/s1. The maximum absolute atomic E-state index is 13.8. The van der Waals surface area contributed by atoms with E-state index in [2.05, 4.69) is 22.3 Å². The lowest BCUT2D eigenvalue weighted by molar-refractivity contribution is -0.135. The van der Waals surface area contributed by atoms with Crippen LogP contribution in [0.4, 0.5) is 17.1 Å². The average molecular weight is 595 g/mol. The molecule has 2 atom stereocenters. The zero-order chi connectivity index (χ0) is 29.9. The van der Waals surface area contributed by atoms with Gasteiger partial charge < -0.3 is 15.1 Å². The van der Waals surface area contributed by atoms with Gasteiger partial charge in [-0.2, -0.15) is 0 Å². The van der Waals surface area contributed by atoms with Gasteiger partial charge in [-0.05, 0) is 55.3 Å². The molecule has 10 heteroatoms. The van der Waals surface area contributed by atoms with E-state index in [0.717, 1.165) is 35.6 Å². The second kappa shape index (κ2) is 12.4. The first-order valence-electron chi connectivity index (χ1n) is 14.6. The van der Waals surface area contributed by atoms with Gasteiger partial charge in [-0.1, -0.05) is 61.2 Å². The number of fused-ring (bicyclic) bond motifs is 3. The maximum atomic E-state index is 13.8. The number of carbonyl (C=O) groups is 3. The Morgan fingerprint density at radius 3 is 2.47 bits per heavy atom. The molecular weight excluding hydrogens is 560 g/mol. The summed E-state index contributed by atoms with van der Waals surface area (Å²) in [6, 6.07) is 24.5. The van der Waals surface area contributed by atoms with Crippen LogP contribution < -0.4 is 10.2 Å². The summed E-state index contributed by atoms with van der Waals surface area (Å²) in [6.45, 7) is 6.56. The zero-order valence-electron chi connectivity index (χ0n) is 24.3. The number of aryl methyl sites for hydroxylation is 1. The number of para-hydroxylation sites is 2. The van der Waals surface area contributed by atoms with Gasteiger partial charge in [0.25, 0.3) is 5.91 Å². The van der Waals surface area contributed by atoms with Crippen molar-refractivity contribution in [1.82, 2.24) is 9.80 Å². The zero-order valence-corrected chi connectivity index (χ0v) is 25.1. The van der Waals surface area contributed by atoms with E-state index in [4.69, 9.17) is 9.98 Å². The highest BCUT2D eigenvalue weighted by atomic mass is 32.2. The highest BCUT2D eigenvalue weighted by molar-refractivity contribution is 8.15. The Bertz CT molecular complexity index is 1600. The van der Waals surface area contributed by atoms with E-state index in [1.807, 2.05) is 85.5 Å². The Morgan fingerprint density at radius 1 is 0.977 bits per heavy atom. The number of amidine groups is 2. The molecule has 0 unspecified atom stereocenters. The van der Waals surface area contributed by atoms with Crippen LogP contribution in [0.15, 0.2) is 88.8 Å². The monoisotopic (exact) mass is 594 g/mol. The van der Waals surface area contributed by atoms with E-state index < -0.39 is 11.3 Å². The molecule has 3 amide bonds. The second-order valence-corrected chi connectivity index (χ2v) is 12.0. The molecule has 1 saturated heterocycles. The summed E-state index contributed by atoms with van der Waals surface area (Å²) < 4.78 is 0. The van der Waals surface area contributed by atoms with Crippen molar-refractivity contribution in [2.24, 2.45) is 9.98 Å². The first-order chi connectivity index (χ1) is 20.9. The molecule has 0 spiro atoms. The van der Waals surface area contributed by atoms with E-state index in [-0.39, 0.29) is 24.1 Å². The Morgan fingerprint density at radius 2 is 1.72 bits per heavy atom. The number of hydrogen-bond donors (Lipinski definition) is 1. The Labute approximate surface area is 255 Å². The first-order valence-corrected chi connectivity index (χ1v) is 15.5. The molecule has 0 saturated carbocycles. The highest BCUT2D eigenvalue weighted by Gasteiger charge is 2.43. The van der Waals surface area contributed by atoms with Crippen molar-refractivity contribution in [1.29, 1.82) is 0 Å². The molecule has 3 aromatic rings. The smallest absolute Gasteiger partial charge is 0.259 e. The van der Waals surface area contributed by atoms with Gasteiger partial charge in [0, 0.05) is 43.1 Å². The van der Waals surface area contributed by atoms with Gasteiger partial charge in [-0.3, -0.25) is 19.4 Å². The number of hydrogen-bond acceptors (Lipinski definition) is 7. The van der Waals surface area contributed by atoms with Gasteiger partial charge >= 0.3 is 0 Å².